The van der Waals surface area contributed by atoms with Gasteiger partial charge in [0.15, 0.2) is 0 Å². The lowest BCUT2D eigenvalue weighted by Crippen LogP contribution is -2.14. The Labute approximate surface area is 185 Å². The fraction of sp³-hybridized carbons (Fsp3) is 0.125. The maximum absolute atomic E-state index is 12.7. The summed E-state index contributed by atoms with van der Waals surface area (Å²) >= 11 is 6.00. The number of carboxylic acids is 1. The van der Waals surface area contributed by atoms with Crippen molar-refractivity contribution in [3.63, 3.8) is 0 Å². The van der Waals surface area contributed by atoms with E-state index >= 15 is 0 Å². The Morgan fingerprint density at radius 2 is 1.84 bits per heavy atom. The molecule has 156 valence electrons. The van der Waals surface area contributed by atoms with Crippen LogP contribution in [0.5, 0.6) is 0 Å². The van der Waals surface area contributed by atoms with E-state index in [2.05, 4.69) is 5.32 Å². The highest BCUT2D eigenvalue weighted by atomic mass is 35.5. The van der Waals surface area contributed by atoms with E-state index in [4.69, 9.17) is 11.6 Å². The summed E-state index contributed by atoms with van der Waals surface area (Å²) in [4.78, 5) is 24.3. The summed E-state index contributed by atoms with van der Waals surface area (Å²) < 4.78 is 1.79. The van der Waals surface area contributed by atoms with Crippen molar-refractivity contribution in [3.05, 3.63) is 87.2 Å². The van der Waals surface area contributed by atoms with E-state index in [0.717, 1.165) is 11.3 Å². The molecule has 0 saturated heterocycles. The number of aryl methyl sites for hydroxylation is 2. The minimum atomic E-state index is -1.03. The number of carboxylic acid groups (broad SMARTS) is 1. The molecule has 1 amide bonds. The third-order valence-corrected chi connectivity index (χ3v) is 5.19. The molecular weight excluding hydrogens is 414 g/mol. The molecule has 0 aliphatic heterocycles. The first kappa shape index (κ1) is 21.9. The first-order chi connectivity index (χ1) is 14.7. The second-order valence-electron chi connectivity index (χ2n) is 7.07. The number of hydrogen-bond donors (Lipinski definition) is 2. The minimum absolute atomic E-state index is 0.0776. The molecule has 6 nitrogen and oxygen atoms in total. The molecular formula is C24H20ClN3O3. The van der Waals surface area contributed by atoms with Gasteiger partial charge in [-0.15, -0.1) is 0 Å². The van der Waals surface area contributed by atoms with Crippen LogP contribution >= 0.6 is 11.6 Å². The predicted molar refractivity (Wildman–Crippen MR) is 121 cm³/mol. The molecule has 2 aromatic carbocycles. The number of nitrogens with zero attached hydrogens (tertiary/aromatic N) is 2. The molecule has 1 heterocycles. The molecule has 0 unspecified atom stereocenters. The van der Waals surface area contributed by atoms with Crippen molar-refractivity contribution in [3.8, 4) is 11.8 Å². The molecule has 3 aromatic rings. The van der Waals surface area contributed by atoms with Crippen molar-refractivity contribution in [1.82, 2.24) is 4.57 Å². The molecule has 0 spiro atoms. The van der Waals surface area contributed by atoms with E-state index in [-0.39, 0.29) is 11.1 Å². The van der Waals surface area contributed by atoms with E-state index in [1.807, 2.05) is 32.9 Å². The van der Waals surface area contributed by atoms with Crippen LogP contribution in [-0.4, -0.2) is 21.6 Å². The van der Waals surface area contributed by atoms with Gasteiger partial charge in [-0.2, -0.15) is 5.26 Å². The second kappa shape index (κ2) is 8.90. The maximum Gasteiger partial charge on any atom is 0.337 e. The van der Waals surface area contributed by atoms with Crippen LogP contribution in [0, 0.1) is 32.1 Å². The van der Waals surface area contributed by atoms with Gasteiger partial charge in [0.25, 0.3) is 5.91 Å². The van der Waals surface area contributed by atoms with Crippen LogP contribution in [0.3, 0.4) is 0 Å². The number of halogens is 1. The third-order valence-electron chi connectivity index (χ3n) is 4.96. The first-order valence-electron chi connectivity index (χ1n) is 9.44. The van der Waals surface area contributed by atoms with Gasteiger partial charge in [-0.3, -0.25) is 4.79 Å². The van der Waals surface area contributed by atoms with Crippen LogP contribution in [0.2, 0.25) is 5.02 Å². The van der Waals surface area contributed by atoms with E-state index in [1.54, 1.807) is 41.0 Å². The fourth-order valence-electron chi connectivity index (χ4n) is 3.38. The summed E-state index contributed by atoms with van der Waals surface area (Å²) in [6.45, 7) is 5.48. The van der Waals surface area contributed by atoms with E-state index < -0.39 is 11.9 Å². The lowest BCUT2D eigenvalue weighted by atomic mass is 10.1. The van der Waals surface area contributed by atoms with E-state index in [9.17, 15) is 20.0 Å². The van der Waals surface area contributed by atoms with Gasteiger partial charge < -0.3 is 15.0 Å². The van der Waals surface area contributed by atoms with E-state index in [1.165, 1.54) is 12.1 Å². The average Bonchev–Trinajstić information content (AvgIpc) is 3.01. The Morgan fingerprint density at radius 3 is 2.52 bits per heavy atom. The van der Waals surface area contributed by atoms with Crippen LogP contribution in [0.4, 0.5) is 5.69 Å². The Kier molecular flexibility index (Phi) is 6.28. The number of anilines is 1. The topological polar surface area (TPSA) is 95.1 Å². The van der Waals surface area contributed by atoms with Crippen molar-refractivity contribution < 1.29 is 14.7 Å². The zero-order valence-corrected chi connectivity index (χ0v) is 18.0. The zero-order valence-electron chi connectivity index (χ0n) is 17.2. The molecule has 3 rings (SSSR count). The van der Waals surface area contributed by atoms with Gasteiger partial charge in [-0.25, -0.2) is 4.79 Å². The lowest BCUT2D eigenvalue weighted by Gasteiger charge is -2.12. The average molecular weight is 434 g/mol. The Bertz CT molecular complexity index is 1270. The van der Waals surface area contributed by atoms with Gasteiger partial charge in [-0.05, 0) is 68.3 Å². The van der Waals surface area contributed by atoms with Crippen molar-refractivity contribution in [2.24, 2.45) is 0 Å². The lowest BCUT2D eigenvalue weighted by molar-refractivity contribution is -0.112. The summed E-state index contributed by atoms with van der Waals surface area (Å²) in [5, 5.41) is 22.3. The summed E-state index contributed by atoms with van der Waals surface area (Å²) in [5.74, 6) is -1.59. The number of hydrogen-bond acceptors (Lipinski definition) is 3. The largest absolute Gasteiger partial charge is 0.478 e. The van der Waals surface area contributed by atoms with Crippen LogP contribution in [0.1, 0.15) is 32.9 Å². The molecule has 0 fully saturated rings. The minimum Gasteiger partial charge on any atom is -0.478 e. The van der Waals surface area contributed by atoms with E-state index in [0.29, 0.717) is 27.7 Å². The van der Waals surface area contributed by atoms with Crippen LogP contribution < -0.4 is 5.32 Å². The number of amides is 1. The number of rotatable bonds is 5. The van der Waals surface area contributed by atoms with Gasteiger partial charge >= 0.3 is 5.97 Å². The molecule has 0 bridgehead atoms. The normalized spacial score (nSPS) is 11.1. The molecule has 0 aliphatic rings. The quantitative estimate of drug-likeness (QED) is 0.421. The van der Waals surface area contributed by atoms with Crippen LogP contribution in [0.25, 0.3) is 11.8 Å². The van der Waals surface area contributed by atoms with Gasteiger partial charge in [0.05, 0.1) is 11.3 Å². The monoisotopic (exact) mass is 433 g/mol. The van der Waals surface area contributed by atoms with Gasteiger partial charge in [0, 0.05) is 22.1 Å². The first-order valence-corrected chi connectivity index (χ1v) is 9.81. The van der Waals surface area contributed by atoms with Gasteiger partial charge in [0.2, 0.25) is 0 Å². The molecule has 0 radical (unpaired) electrons. The molecule has 7 heteroatoms. The number of nitriles is 1. The third kappa shape index (κ3) is 4.52. The van der Waals surface area contributed by atoms with Crippen LogP contribution in [0.15, 0.2) is 54.1 Å². The van der Waals surface area contributed by atoms with Crippen molar-refractivity contribution >= 4 is 35.2 Å². The summed E-state index contributed by atoms with van der Waals surface area (Å²) in [7, 11) is 0. The Morgan fingerprint density at radius 1 is 1.13 bits per heavy atom. The number of carbonyl (C=O) groups is 2. The number of aromatic carboxylic acids is 1. The zero-order chi connectivity index (χ0) is 22.7. The number of benzene rings is 2. The highest BCUT2D eigenvalue weighted by molar-refractivity contribution is 6.31. The summed E-state index contributed by atoms with van der Waals surface area (Å²) in [6.07, 6.45) is 1.50. The van der Waals surface area contributed by atoms with Crippen LogP contribution in [-0.2, 0) is 4.79 Å². The van der Waals surface area contributed by atoms with Gasteiger partial charge in [-0.1, -0.05) is 29.8 Å². The predicted octanol–water partition coefficient (Wildman–Crippen LogP) is 5.30. The number of nitrogens with one attached hydrogen (secondary N) is 1. The number of aromatic nitrogens is 1. The standard InChI is InChI=1S/C24H20ClN3O3/c1-14-8-9-19(25)12-21(14)27-23(29)18(13-26)11-17-10-15(2)28(16(17)3)22-7-5-4-6-20(22)24(30)31/h4-12H,1-3H3,(H,27,29)(H,30,31)/b18-11-. The SMILES string of the molecule is Cc1ccc(Cl)cc1NC(=O)/C(C#N)=C\c1cc(C)n(-c2ccccc2C(=O)O)c1C. The maximum atomic E-state index is 12.7. The Balaban J connectivity index is 2.01. The molecule has 0 aliphatic carbocycles. The summed E-state index contributed by atoms with van der Waals surface area (Å²) in [5.41, 5.74) is 4.08. The highest BCUT2D eigenvalue weighted by Crippen LogP contribution is 2.26. The molecule has 0 atom stereocenters. The number of para-hydroxylation sites is 1. The smallest absolute Gasteiger partial charge is 0.337 e. The van der Waals surface area contributed by atoms with Gasteiger partial charge in [0.1, 0.15) is 11.6 Å². The van der Waals surface area contributed by atoms with Crippen molar-refractivity contribution in [1.29, 1.82) is 5.26 Å². The fourth-order valence-corrected chi connectivity index (χ4v) is 3.55. The molecule has 2 N–H and O–H groups in total. The molecule has 31 heavy (non-hydrogen) atoms. The summed E-state index contributed by atoms with van der Waals surface area (Å²) in [6, 6.07) is 15.6. The van der Waals surface area contributed by atoms with Crippen molar-refractivity contribution in [2.45, 2.75) is 20.8 Å². The Hall–Kier alpha value is -3.82. The number of carbonyl (C=O) groups excluding carboxylic acids is 1. The molecule has 0 saturated carbocycles. The molecule has 1 aromatic heterocycles. The second-order valence-corrected chi connectivity index (χ2v) is 7.50. The highest BCUT2D eigenvalue weighted by Gasteiger charge is 2.18. The van der Waals surface area contributed by atoms with Crippen molar-refractivity contribution in [2.75, 3.05) is 5.32 Å².